The van der Waals surface area contributed by atoms with Crippen LogP contribution < -0.4 is 5.73 Å². The van der Waals surface area contributed by atoms with Crippen molar-refractivity contribution in [3.8, 4) is 0 Å². The zero-order valence-electron chi connectivity index (χ0n) is 10.9. The Hall–Kier alpha value is -0.980. The highest BCUT2D eigenvalue weighted by Gasteiger charge is 2.36. The third-order valence-electron chi connectivity index (χ3n) is 3.88. The standard InChI is InChI=1S/C13H19FN2O2S/c1-16(12-7-4-5-10(12)9-15)19(17,18)13-8-3-2-6-11(13)14/h2-3,6,8,10,12H,4-5,7,9,15H2,1H3. The predicted octanol–water partition coefficient (Wildman–Crippen LogP) is 1.57. The number of rotatable bonds is 4. The highest BCUT2D eigenvalue weighted by atomic mass is 32.2. The van der Waals surface area contributed by atoms with E-state index in [0.29, 0.717) is 6.54 Å². The molecule has 4 nitrogen and oxygen atoms in total. The molecule has 1 aromatic rings. The second kappa shape index (κ2) is 5.56. The van der Waals surface area contributed by atoms with Crippen molar-refractivity contribution >= 4 is 10.0 Å². The van der Waals surface area contributed by atoms with E-state index in [1.54, 1.807) is 0 Å². The number of hydrogen-bond acceptors (Lipinski definition) is 3. The minimum Gasteiger partial charge on any atom is -0.330 e. The van der Waals surface area contributed by atoms with Crippen LogP contribution in [0.15, 0.2) is 29.2 Å². The summed E-state index contributed by atoms with van der Waals surface area (Å²) >= 11 is 0. The molecule has 0 aliphatic heterocycles. The molecule has 2 rings (SSSR count). The lowest BCUT2D eigenvalue weighted by Gasteiger charge is -2.28. The maximum absolute atomic E-state index is 13.7. The van der Waals surface area contributed by atoms with Crippen LogP contribution in [0.3, 0.4) is 0 Å². The van der Waals surface area contributed by atoms with Crippen molar-refractivity contribution in [1.29, 1.82) is 0 Å². The summed E-state index contributed by atoms with van der Waals surface area (Å²) in [6.07, 6.45) is 2.67. The van der Waals surface area contributed by atoms with Crippen molar-refractivity contribution in [3.63, 3.8) is 0 Å². The smallest absolute Gasteiger partial charge is 0.245 e. The van der Waals surface area contributed by atoms with E-state index < -0.39 is 15.8 Å². The summed E-state index contributed by atoms with van der Waals surface area (Å²) in [6.45, 7) is 0.460. The fourth-order valence-electron chi connectivity index (χ4n) is 2.76. The molecule has 0 heterocycles. The largest absolute Gasteiger partial charge is 0.330 e. The van der Waals surface area contributed by atoms with Crippen molar-refractivity contribution < 1.29 is 12.8 Å². The minimum atomic E-state index is -3.79. The van der Waals surface area contributed by atoms with Gasteiger partial charge in [0.2, 0.25) is 10.0 Å². The molecular formula is C13H19FN2O2S. The van der Waals surface area contributed by atoms with Gasteiger partial charge in [-0.25, -0.2) is 12.8 Å². The van der Waals surface area contributed by atoms with Crippen LogP contribution in [0.5, 0.6) is 0 Å². The van der Waals surface area contributed by atoms with Crippen LogP contribution >= 0.6 is 0 Å². The first-order chi connectivity index (χ1) is 8.98. The first kappa shape index (κ1) is 14.4. The number of nitrogens with two attached hydrogens (primary N) is 1. The zero-order valence-corrected chi connectivity index (χ0v) is 11.7. The highest BCUT2D eigenvalue weighted by molar-refractivity contribution is 7.89. The number of benzene rings is 1. The summed E-state index contributed by atoms with van der Waals surface area (Å²) in [4.78, 5) is -0.264. The molecule has 6 heteroatoms. The molecule has 0 spiro atoms. The monoisotopic (exact) mass is 286 g/mol. The van der Waals surface area contributed by atoms with Gasteiger partial charge in [-0.3, -0.25) is 0 Å². The number of hydrogen-bond donors (Lipinski definition) is 1. The number of halogens is 1. The van der Waals surface area contributed by atoms with Gasteiger partial charge >= 0.3 is 0 Å². The summed E-state index contributed by atoms with van der Waals surface area (Å²) in [6, 6.07) is 5.34. The third kappa shape index (κ3) is 2.66. The minimum absolute atomic E-state index is 0.130. The van der Waals surface area contributed by atoms with Crippen molar-refractivity contribution in [2.75, 3.05) is 13.6 Å². The Balaban J connectivity index is 2.32. The van der Waals surface area contributed by atoms with Crippen molar-refractivity contribution in [2.24, 2.45) is 11.7 Å². The van der Waals surface area contributed by atoms with E-state index in [4.69, 9.17) is 5.73 Å². The molecule has 1 fully saturated rings. The summed E-state index contributed by atoms with van der Waals surface area (Å²) in [5.74, 6) is -0.553. The lowest BCUT2D eigenvalue weighted by atomic mass is 10.0. The Morgan fingerprint density at radius 1 is 1.37 bits per heavy atom. The van der Waals surface area contributed by atoms with E-state index >= 15 is 0 Å². The fraction of sp³-hybridized carbons (Fsp3) is 0.538. The van der Waals surface area contributed by atoms with Gasteiger partial charge < -0.3 is 5.73 Å². The van der Waals surface area contributed by atoms with E-state index in [1.165, 1.54) is 29.6 Å². The van der Waals surface area contributed by atoms with Crippen LogP contribution in [0.2, 0.25) is 0 Å². The maximum Gasteiger partial charge on any atom is 0.245 e. The molecule has 0 aromatic heterocycles. The van der Waals surface area contributed by atoms with Gasteiger partial charge in [-0.1, -0.05) is 18.6 Å². The highest BCUT2D eigenvalue weighted by Crippen LogP contribution is 2.32. The molecule has 0 radical (unpaired) electrons. The maximum atomic E-state index is 13.7. The van der Waals surface area contributed by atoms with Gasteiger partial charge in [0.05, 0.1) is 0 Å². The van der Waals surface area contributed by atoms with E-state index in [-0.39, 0.29) is 16.9 Å². The Morgan fingerprint density at radius 2 is 2.05 bits per heavy atom. The first-order valence-electron chi connectivity index (χ1n) is 6.41. The summed E-state index contributed by atoms with van der Waals surface area (Å²) in [7, 11) is -2.28. The Bertz CT molecular complexity index is 547. The third-order valence-corrected chi connectivity index (χ3v) is 5.80. The van der Waals surface area contributed by atoms with E-state index in [1.807, 2.05) is 0 Å². The molecule has 0 amide bonds. The average Bonchev–Trinajstić information content (AvgIpc) is 2.86. The topological polar surface area (TPSA) is 63.4 Å². The molecule has 106 valence electrons. The van der Waals surface area contributed by atoms with Crippen LogP contribution in [-0.4, -0.2) is 32.4 Å². The molecule has 0 bridgehead atoms. The molecule has 1 aliphatic rings. The lowest BCUT2D eigenvalue weighted by molar-refractivity contribution is 0.303. The van der Waals surface area contributed by atoms with Gasteiger partial charge in [0.1, 0.15) is 10.7 Å². The molecule has 2 N–H and O–H groups in total. The molecule has 19 heavy (non-hydrogen) atoms. The molecular weight excluding hydrogens is 267 g/mol. The van der Waals surface area contributed by atoms with Crippen molar-refractivity contribution in [2.45, 2.75) is 30.2 Å². The average molecular weight is 286 g/mol. The first-order valence-corrected chi connectivity index (χ1v) is 7.85. The summed E-state index contributed by atoms with van der Waals surface area (Å²) in [5.41, 5.74) is 5.68. The Morgan fingerprint density at radius 3 is 2.68 bits per heavy atom. The van der Waals surface area contributed by atoms with Crippen molar-refractivity contribution in [3.05, 3.63) is 30.1 Å². The fourth-order valence-corrected chi connectivity index (χ4v) is 4.27. The van der Waals surface area contributed by atoms with Gasteiger partial charge in [-0.15, -0.1) is 0 Å². The summed E-state index contributed by atoms with van der Waals surface area (Å²) < 4.78 is 39.9. The van der Waals surface area contributed by atoms with Gasteiger partial charge in [0.15, 0.2) is 0 Å². The molecule has 1 saturated carbocycles. The summed E-state index contributed by atoms with van der Waals surface area (Å²) in [5, 5.41) is 0. The molecule has 2 atom stereocenters. The zero-order chi connectivity index (χ0) is 14.0. The Kier molecular flexibility index (Phi) is 4.23. The normalized spacial score (nSPS) is 24.0. The van der Waals surface area contributed by atoms with Gasteiger partial charge in [-0.2, -0.15) is 4.31 Å². The SMILES string of the molecule is CN(C1CCCC1CN)S(=O)(=O)c1ccccc1F. The number of sulfonamides is 1. The number of nitrogens with zero attached hydrogens (tertiary/aromatic N) is 1. The molecule has 1 aliphatic carbocycles. The Labute approximate surface area is 113 Å². The van der Waals surface area contributed by atoms with Gasteiger partial charge in [-0.05, 0) is 37.4 Å². The van der Waals surface area contributed by atoms with Gasteiger partial charge in [0.25, 0.3) is 0 Å². The van der Waals surface area contributed by atoms with Crippen LogP contribution in [0.1, 0.15) is 19.3 Å². The van der Waals surface area contributed by atoms with Crippen molar-refractivity contribution in [1.82, 2.24) is 4.31 Å². The van der Waals surface area contributed by atoms with Gasteiger partial charge in [0, 0.05) is 13.1 Å². The molecule has 0 saturated heterocycles. The van der Waals surface area contributed by atoms with E-state index in [2.05, 4.69) is 0 Å². The van der Waals surface area contributed by atoms with E-state index in [9.17, 15) is 12.8 Å². The van der Waals surface area contributed by atoms with E-state index in [0.717, 1.165) is 25.3 Å². The second-order valence-corrected chi connectivity index (χ2v) is 6.91. The quantitative estimate of drug-likeness (QED) is 0.914. The second-order valence-electron chi connectivity index (χ2n) is 4.95. The molecule has 2 unspecified atom stereocenters. The van der Waals surface area contributed by atoms with Crippen LogP contribution in [0, 0.1) is 11.7 Å². The van der Waals surface area contributed by atoms with Crippen LogP contribution in [0.25, 0.3) is 0 Å². The molecule has 1 aromatic carbocycles. The predicted molar refractivity (Wildman–Crippen MR) is 71.5 cm³/mol. The van der Waals surface area contributed by atoms with Crippen LogP contribution in [-0.2, 0) is 10.0 Å². The lowest BCUT2D eigenvalue weighted by Crippen LogP contribution is -2.41. The van der Waals surface area contributed by atoms with Crippen LogP contribution in [0.4, 0.5) is 4.39 Å².